The Morgan fingerprint density at radius 3 is 2.73 bits per heavy atom. The third-order valence-electron chi connectivity index (χ3n) is 4.57. The van der Waals surface area contributed by atoms with Crippen LogP contribution in [0.15, 0.2) is 71.1 Å². The molecule has 0 aliphatic carbocycles. The van der Waals surface area contributed by atoms with Crippen molar-refractivity contribution in [3.8, 4) is 0 Å². The first kappa shape index (κ1) is 19.8. The van der Waals surface area contributed by atoms with Gasteiger partial charge in [0.15, 0.2) is 5.16 Å². The minimum Gasteiger partial charge on any atom is -0.323 e. The summed E-state index contributed by atoms with van der Waals surface area (Å²) in [6, 6.07) is 13.1. The Morgan fingerprint density at radius 2 is 1.97 bits per heavy atom. The van der Waals surface area contributed by atoms with Crippen molar-refractivity contribution in [2.45, 2.75) is 23.9 Å². The molecule has 1 atom stereocenters. The number of benzene rings is 2. The molecule has 0 bridgehead atoms. The Hall–Kier alpha value is -3.46. The van der Waals surface area contributed by atoms with Crippen LogP contribution in [0.5, 0.6) is 0 Å². The summed E-state index contributed by atoms with van der Waals surface area (Å²) in [5, 5.41) is 11.3. The molecular formula is C21H18FN5O2S. The molecule has 0 radical (unpaired) electrons. The summed E-state index contributed by atoms with van der Waals surface area (Å²) in [5.41, 5.74) is 0.575. The second-order valence-corrected chi connectivity index (χ2v) is 7.88. The summed E-state index contributed by atoms with van der Waals surface area (Å²) in [6.45, 7) is 5.68. The fourth-order valence-corrected chi connectivity index (χ4v) is 3.97. The first-order valence-electron chi connectivity index (χ1n) is 9.21. The Balaban J connectivity index is 1.73. The van der Waals surface area contributed by atoms with Crippen molar-refractivity contribution < 1.29 is 9.18 Å². The fourth-order valence-electron chi connectivity index (χ4n) is 3.11. The maximum absolute atomic E-state index is 13.8. The van der Waals surface area contributed by atoms with Crippen LogP contribution in [0.4, 0.5) is 10.1 Å². The minimum absolute atomic E-state index is 0.117. The van der Waals surface area contributed by atoms with Crippen LogP contribution in [-0.4, -0.2) is 30.3 Å². The number of anilines is 1. The smallest absolute Gasteiger partial charge is 0.263 e. The van der Waals surface area contributed by atoms with Crippen LogP contribution in [0, 0.1) is 5.82 Å². The summed E-state index contributed by atoms with van der Waals surface area (Å²) in [5.74, 6) is -0.510. The van der Waals surface area contributed by atoms with Crippen LogP contribution < -0.4 is 10.9 Å². The van der Waals surface area contributed by atoms with Crippen LogP contribution >= 0.6 is 11.8 Å². The first-order valence-corrected chi connectivity index (χ1v) is 10.1. The van der Waals surface area contributed by atoms with Gasteiger partial charge in [-0.25, -0.2) is 4.39 Å². The third-order valence-corrected chi connectivity index (χ3v) is 5.62. The number of allylic oxidation sites excluding steroid dienone is 1. The molecule has 0 saturated carbocycles. The summed E-state index contributed by atoms with van der Waals surface area (Å²) in [4.78, 5) is 25.4. The Kier molecular flexibility index (Phi) is 5.37. The quantitative estimate of drug-likeness (QED) is 0.379. The van der Waals surface area contributed by atoms with Crippen molar-refractivity contribution >= 4 is 40.0 Å². The molecule has 4 aromatic rings. The van der Waals surface area contributed by atoms with Gasteiger partial charge >= 0.3 is 0 Å². The molecule has 30 heavy (non-hydrogen) atoms. The lowest BCUT2D eigenvalue weighted by Crippen LogP contribution is -2.24. The second-order valence-electron chi connectivity index (χ2n) is 6.57. The number of nitrogens with one attached hydrogen (secondary N) is 1. The molecule has 0 aliphatic heterocycles. The number of carbonyl (C=O) groups is 1. The standard InChI is InChI=1S/C21H18FN5O2S/c1-3-12-26-19(29)14-8-4-7-11-17(14)27-20(26)24-25-21(27)30-13(2)18(28)23-16-10-6-5-9-15(16)22/h3-11,13H,1,12H2,2H3,(H,23,28). The molecular weight excluding hydrogens is 405 g/mol. The van der Waals surface area contributed by atoms with E-state index in [0.29, 0.717) is 21.8 Å². The average Bonchev–Trinajstić information content (AvgIpc) is 3.16. The number of amides is 1. The zero-order chi connectivity index (χ0) is 21.3. The van der Waals surface area contributed by atoms with Crippen molar-refractivity contribution in [3.05, 3.63) is 77.4 Å². The molecule has 4 rings (SSSR count). The molecule has 0 aliphatic rings. The highest BCUT2D eigenvalue weighted by atomic mass is 32.2. The van der Waals surface area contributed by atoms with E-state index in [4.69, 9.17) is 0 Å². The number of para-hydroxylation sites is 2. The number of hydrogen-bond acceptors (Lipinski definition) is 5. The predicted molar refractivity (Wildman–Crippen MR) is 115 cm³/mol. The van der Waals surface area contributed by atoms with Gasteiger partial charge in [0.1, 0.15) is 5.82 Å². The number of carbonyl (C=O) groups excluding carboxylic acids is 1. The maximum Gasteiger partial charge on any atom is 0.263 e. The molecule has 152 valence electrons. The lowest BCUT2D eigenvalue weighted by molar-refractivity contribution is -0.115. The monoisotopic (exact) mass is 423 g/mol. The lowest BCUT2D eigenvalue weighted by Gasteiger charge is -2.13. The van der Waals surface area contributed by atoms with E-state index in [1.807, 2.05) is 6.07 Å². The largest absolute Gasteiger partial charge is 0.323 e. The molecule has 1 N–H and O–H groups in total. The number of fused-ring (bicyclic) bond motifs is 3. The maximum atomic E-state index is 13.8. The number of nitrogens with zero attached hydrogens (tertiary/aromatic N) is 4. The van der Waals surface area contributed by atoms with E-state index in [-0.39, 0.29) is 23.7 Å². The highest BCUT2D eigenvalue weighted by Gasteiger charge is 2.22. The first-order chi connectivity index (χ1) is 14.5. The molecule has 7 nitrogen and oxygen atoms in total. The van der Waals surface area contributed by atoms with Gasteiger partial charge in [0.25, 0.3) is 5.56 Å². The van der Waals surface area contributed by atoms with Gasteiger partial charge in [-0.15, -0.1) is 16.8 Å². The van der Waals surface area contributed by atoms with Crippen LogP contribution in [0.1, 0.15) is 6.92 Å². The van der Waals surface area contributed by atoms with Gasteiger partial charge in [-0.05, 0) is 31.2 Å². The van der Waals surface area contributed by atoms with Crippen LogP contribution in [0.25, 0.3) is 16.7 Å². The Morgan fingerprint density at radius 1 is 1.23 bits per heavy atom. The zero-order valence-electron chi connectivity index (χ0n) is 16.1. The second kappa shape index (κ2) is 8.11. The van der Waals surface area contributed by atoms with E-state index in [0.717, 1.165) is 0 Å². The van der Waals surface area contributed by atoms with Gasteiger partial charge in [-0.2, -0.15) is 0 Å². The number of hydrogen-bond donors (Lipinski definition) is 1. The van der Waals surface area contributed by atoms with Gasteiger partial charge in [-0.3, -0.25) is 18.6 Å². The summed E-state index contributed by atoms with van der Waals surface area (Å²) < 4.78 is 17.1. The SMILES string of the molecule is C=CCn1c(=O)c2ccccc2n2c(SC(C)C(=O)Nc3ccccc3F)nnc12. The molecule has 2 aromatic heterocycles. The lowest BCUT2D eigenvalue weighted by atomic mass is 10.2. The molecule has 0 spiro atoms. The molecule has 2 aromatic carbocycles. The van der Waals surface area contributed by atoms with Gasteiger partial charge in [0.2, 0.25) is 11.7 Å². The third kappa shape index (κ3) is 3.48. The topological polar surface area (TPSA) is 81.3 Å². The van der Waals surface area contributed by atoms with Crippen LogP contribution in [0.2, 0.25) is 0 Å². The Bertz CT molecular complexity index is 1330. The van der Waals surface area contributed by atoms with Gasteiger partial charge in [0.05, 0.1) is 21.8 Å². The number of rotatable bonds is 6. The molecule has 1 amide bonds. The molecule has 0 saturated heterocycles. The molecule has 0 fully saturated rings. The van der Waals surface area contributed by atoms with E-state index in [1.165, 1.54) is 28.5 Å². The van der Waals surface area contributed by atoms with E-state index < -0.39 is 11.1 Å². The summed E-state index contributed by atoms with van der Waals surface area (Å²) in [7, 11) is 0. The average molecular weight is 423 g/mol. The Labute approximate surface area is 175 Å². The summed E-state index contributed by atoms with van der Waals surface area (Å²) >= 11 is 1.17. The van der Waals surface area contributed by atoms with Gasteiger partial charge < -0.3 is 5.32 Å². The predicted octanol–water partition coefficient (Wildman–Crippen LogP) is 3.49. The number of aromatic nitrogens is 4. The molecule has 2 heterocycles. The van der Waals surface area contributed by atoms with E-state index in [2.05, 4.69) is 22.1 Å². The van der Waals surface area contributed by atoms with E-state index >= 15 is 0 Å². The number of halogens is 1. The van der Waals surface area contributed by atoms with Crippen molar-refractivity contribution in [1.82, 2.24) is 19.2 Å². The molecule has 1 unspecified atom stereocenters. The van der Waals surface area contributed by atoms with Crippen molar-refractivity contribution in [1.29, 1.82) is 0 Å². The minimum atomic E-state index is -0.587. The fraction of sp³-hybridized carbons (Fsp3) is 0.143. The van der Waals surface area contributed by atoms with E-state index in [9.17, 15) is 14.0 Å². The van der Waals surface area contributed by atoms with Gasteiger partial charge in [-0.1, -0.05) is 42.1 Å². The summed E-state index contributed by atoms with van der Waals surface area (Å²) in [6.07, 6.45) is 1.61. The van der Waals surface area contributed by atoms with Crippen molar-refractivity contribution in [2.75, 3.05) is 5.32 Å². The van der Waals surface area contributed by atoms with Crippen molar-refractivity contribution in [3.63, 3.8) is 0 Å². The van der Waals surface area contributed by atoms with Gasteiger partial charge in [0, 0.05) is 6.54 Å². The van der Waals surface area contributed by atoms with Crippen LogP contribution in [-0.2, 0) is 11.3 Å². The van der Waals surface area contributed by atoms with E-state index in [1.54, 1.807) is 47.7 Å². The zero-order valence-corrected chi connectivity index (χ0v) is 16.9. The number of thioether (sulfide) groups is 1. The molecule has 9 heteroatoms. The highest BCUT2D eigenvalue weighted by Crippen LogP contribution is 2.26. The van der Waals surface area contributed by atoms with Crippen molar-refractivity contribution in [2.24, 2.45) is 0 Å². The van der Waals surface area contributed by atoms with Crippen LogP contribution in [0.3, 0.4) is 0 Å². The normalized spacial score (nSPS) is 12.2. The highest BCUT2D eigenvalue weighted by molar-refractivity contribution is 8.00.